The van der Waals surface area contributed by atoms with Crippen LogP contribution in [0.1, 0.15) is 29.7 Å². The second kappa shape index (κ2) is 10.6. The van der Waals surface area contributed by atoms with Gasteiger partial charge in [0, 0.05) is 38.4 Å². The van der Waals surface area contributed by atoms with Gasteiger partial charge in [0.05, 0.1) is 31.4 Å². The molecule has 8 nitrogen and oxygen atoms in total. The number of morpholine rings is 1. The highest BCUT2D eigenvalue weighted by molar-refractivity contribution is 5.95. The molecule has 8 heteroatoms. The van der Waals surface area contributed by atoms with Crippen molar-refractivity contribution in [3.8, 4) is 0 Å². The SMILES string of the molecule is CCOC(=O)C1=C(CNCCN2CCOCC2)NC(=O)N[C@@H]1c1cc(C)ccc1C. The molecule has 1 aromatic carbocycles. The van der Waals surface area contributed by atoms with E-state index in [2.05, 4.69) is 20.9 Å². The van der Waals surface area contributed by atoms with E-state index in [1.807, 2.05) is 32.0 Å². The number of hydrogen-bond donors (Lipinski definition) is 3. The first-order chi connectivity index (χ1) is 14.5. The van der Waals surface area contributed by atoms with E-state index in [1.165, 1.54) is 0 Å². The molecule has 0 radical (unpaired) electrons. The quantitative estimate of drug-likeness (QED) is 0.438. The van der Waals surface area contributed by atoms with E-state index in [0.717, 1.165) is 56.1 Å². The zero-order valence-corrected chi connectivity index (χ0v) is 18.0. The number of benzene rings is 1. The van der Waals surface area contributed by atoms with E-state index in [0.29, 0.717) is 17.8 Å². The van der Waals surface area contributed by atoms with Crippen molar-refractivity contribution < 1.29 is 19.1 Å². The number of amides is 2. The van der Waals surface area contributed by atoms with Gasteiger partial charge < -0.3 is 25.4 Å². The van der Waals surface area contributed by atoms with Gasteiger partial charge in [0.15, 0.2) is 0 Å². The van der Waals surface area contributed by atoms with Gasteiger partial charge in [0.1, 0.15) is 0 Å². The lowest BCUT2D eigenvalue weighted by Crippen LogP contribution is -2.48. The van der Waals surface area contributed by atoms with Gasteiger partial charge in [-0.3, -0.25) is 4.90 Å². The fourth-order valence-electron chi connectivity index (χ4n) is 3.79. The van der Waals surface area contributed by atoms with Crippen LogP contribution in [-0.4, -0.2) is 69.4 Å². The maximum absolute atomic E-state index is 12.9. The number of aryl methyl sites for hydroxylation is 2. The minimum Gasteiger partial charge on any atom is -0.463 e. The molecular formula is C22H32N4O4. The number of carbonyl (C=O) groups excluding carboxylic acids is 2. The van der Waals surface area contributed by atoms with Gasteiger partial charge in [-0.2, -0.15) is 0 Å². The second-order valence-electron chi connectivity index (χ2n) is 7.64. The second-order valence-corrected chi connectivity index (χ2v) is 7.64. The van der Waals surface area contributed by atoms with E-state index in [9.17, 15) is 9.59 Å². The molecule has 0 unspecified atom stereocenters. The summed E-state index contributed by atoms with van der Waals surface area (Å²) in [7, 11) is 0. The predicted molar refractivity (Wildman–Crippen MR) is 114 cm³/mol. The molecule has 3 rings (SSSR count). The van der Waals surface area contributed by atoms with Crippen molar-refractivity contribution in [2.75, 3.05) is 52.5 Å². The molecule has 164 valence electrons. The summed E-state index contributed by atoms with van der Waals surface area (Å²) in [6.45, 7) is 11.4. The summed E-state index contributed by atoms with van der Waals surface area (Å²) in [4.78, 5) is 27.6. The number of nitrogens with zero attached hydrogens (tertiary/aromatic N) is 1. The largest absolute Gasteiger partial charge is 0.463 e. The smallest absolute Gasteiger partial charge is 0.338 e. The summed E-state index contributed by atoms with van der Waals surface area (Å²) in [5.74, 6) is -0.416. The van der Waals surface area contributed by atoms with Crippen LogP contribution >= 0.6 is 0 Å². The molecule has 0 spiro atoms. The zero-order chi connectivity index (χ0) is 21.5. The van der Waals surface area contributed by atoms with Crippen molar-refractivity contribution in [3.63, 3.8) is 0 Å². The van der Waals surface area contributed by atoms with Crippen LogP contribution in [0.2, 0.25) is 0 Å². The number of urea groups is 1. The molecule has 1 fully saturated rings. The third-order valence-corrected chi connectivity index (χ3v) is 5.41. The van der Waals surface area contributed by atoms with E-state index in [4.69, 9.17) is 9.47 Å². The van der Waals surface area contributed by atoms with E-state index < -0.39 is 12.0 Å². The molecule has 2 aliphatic heterocycles. The molecule has 0 bridgehead atoms. The van der Waals surface area contributed by atoms with Crippen LogP contribution in [0.5, 0.6) is 0 Å². The third kappa shape index (κ3) is 5.59. The minimum atomic E-state index is -0.547. The van der Waals surface area contributed by atoms with Gasteiger partial charge in [-0.05, 0) is 31.9 Å². The summed E-state index contributed by atoms with van der Waals surface area (Å²) in [5.41, 5.74) is 3.99. The van der Waals surface area contributed by atoms with Crippen molar-refractivity contribution in [3.05, 3.63) is 46.2 Å². The Morgan fingerprint density at radius 1 is 1.30 bits per heavy atom. The van der Waals surface area contributed by atoms with Crippen LogP contribution in [0.3, 0.4) is 0 Å². The number of carbonyl (C=O) groups is 2. The van der Waals surface area contributed by atoms with Gasteiger partial charge in [-0.15, -0.1) is 0 Å². The molecule has 0 aliphatic carbocycles. The normalized spacial score (nSPS) is 20.0. The van der Waals surface area contributed by atoms with Crippen LogP contribution in [0.4, 0.5) is 4.79 Å². The highest BCUT2D eigenvalue weighted by atomic mass is 16.5. The Morgan fingerprint density at radius 2 is 2.07 bits per heavy atom. The lowest BCUT2D eigenvalue weighted by atomic mass is 9.91. The van der Waals surface area contributed by atoms with Crippen LogP contribution in [-0.2, 0) is 14.3 Å². The Bertz CT molecular complexity index is 802. The Morgan fingerprint density at radius 3 is 2.80 bits per heavy atom. The first-order valence-electron chi connectivity index (χ1n) is 10.5. The lowest BCUT2D eigenvalue weighted by Gasteiger charge is -2.31. The molecule has 30 heavy (non-hydrogen) atoms. The molecule has 2 amide bonds. The summed E-state index contributed by atoms with van der Waals surface area (Å²) >= 11 is 0. The van der Waals surface area contributed by atoms with Crippen molar-refractivity contribution >= 4 is 12.0 Å². The fourth-order valence-corrected chi connectivity index (χ4v) is 3.79. The van der Waals surface area contributed by atoms with Crippen molar-refractivity contribution in [2.24, 2.45) is 0 Å². The standard InChI is InChI=1S/C22H32N4O4/c1-4-30-21(27)19-18(14-23-7-8-26-9-11-29-12-10-26)24-22(28)25-20(19)17-13-15(2)5-6-16(17)3/h5-6,13,20,23H,4,7-12,14H2,1-3H3,(H2,24,25,28)/t20-/m1/s1. The first kappa shape index (κ1) is 22.3. The predicted octanol–water partition coefficient (Wildman–Crippen LogP) is 1.40. The van der Waals surface area contributed by atoms with Crippen LogP contribution in [0.15, 0.2) is 29.5 Å². The zero-order valence-electron chi connectivity index (χ0n) is 18.0. The summed E-state index contributed by atoms with van der Waals surface area (Å²) in [5, 5.41) is 9.07. The lowest BCUT2D eigenvalue weighted by molar-refractivity contribution is -0.139. The van der Waals surface area contributed by atoms with Gasteiger partial charge in [-0.25, -0.2) is 9.59 Å². The summed E-state index contributed by atoms with van der Waals surface area (Å²) in [6.07, 6.45) is 0. The summed E-state index contributed by atoms with van der Waals surface area (Å²) in [6, 6.07) is 5.16. The molecule has 2 aliphatic rings. The molecule has 1 saturated heterocycles. The number of esters is 1. The van der Waals surface area contributed by atoms with Gasteiger partial charge >= 0.3 is 12.0 Å². The number of rotatable bonds is 8. The van der Waals surface area contributed by atoms with Gasteiger partial charge in [-0.1, -0.05) is 23.8 Å². The molecule has 2 heterocycles. The van der Waals surface area contributed by atoms with Gasteiger partial charge in [0.2, 0.25) is 0 Å². The third-order valence-electron chi connectivity index (χ3n) is 5.41. The number of hydrogen-bond acceptors (Lipinski definition) is 6. The topological polar surface area (TPSA) is 91.9 Å². The van der Waals surface area contributed by atoms with Crippen LogP contribution in [0, 0.1) is 13.8 Å². The Labute approximate surface area is 178 Å². The maximum atomic E-state index is 12.9. The highest BCUT2D eigenvalue weighted by Crippen LogP contribution is 2.30. The average molecular weight is 417 g/mol. The Kier molecular flexibility index (Phi) is 7.84. The molecule has 0 saturated carbocycles. The summed E-state index contributed by atoms with van der Waals surface area (Å²) < 4.78 is 10.7. The number of nitrogens with one attached hydrogen (secondary N) is 3. The first-order valence-corrected chi connectivity index (χ1v) is 10.5. The van der Waals surface area contributed by atoms with E-state index >= 15 is 0 Å². The molecular weight excluding hydrogens is 384 g/mol. The molecule has 1 atom stereocenters. The molecule has 0 aromatic heterocycles. The van der Waals surface area contributed by atoms with Crippen molar-refractivity contribution in [1.29, 1.82) is 0 Å². The van der Waals surface area contributed by atoms with E-state index in [-0.39, 0.29) is 12.6 Å². The number of ether oxygens (including phenoxy) is 2. The Hall–Kier alpha value is -2.42. The average Bonchev–Trinajstić information content (AvgIpc) is 2.73. The fraction of sp³-hybridized carbons (Fsp3) is 0.545. The van der Waals surface area contributed by atoms with Gasteiger partial charge in [0.25, 0.3) is 0 Å². The van der Waals surface area contributed by atoms with E-state index in [1.54, 1.807) is 6.92 Å². The highest BCUT2D eigenvalue weighted by Gasteiger charge is 2.34. The van der Waals surface area contributed by atoms with Crippen molar-refractivity contribution in [2.45, 2.75) is 26.8 Å². The maximum Gasteiger partial charge on any atom is 0.338 e. The Balaban J connectivity index is 1.80. The monoisotopic (exact) mass is 416 g/mol. The van der Waals surface area contributed by atoms with Crippen LogP contribution < -0.4 is 16.0 Å². The molecule has 1 aromatic rings. The van der Waals surface area contributed by atoms with Crippen molar-refractivity contribution in [1.82, 2.24) is 20.9 Å². The van der Waals surface area contributed by atoms with Crippen LogP contribution in [0.25, 0.3) is 0 Å². The molecule has 3 N–H and O–H groups in total. The minimum absolute atomic E-state index is 0.271.